The van der Waals surface area contributed by atoms with Crippen LogP contribution in [0.15, 0.2) is 30.5 Å². The minimum atomic E-state index is 0.0427. The molecule has 1 saturated heterocycles. The number of carbonyl (C=O) groups is 1. The Labute approximate surface area is 147 Å². The second-order valence-electron chi connectivity index (χ2n) is 6.03. The monoisotopic (exact) mass is 347 g/mol. The molecule has 5 nitrogen and oxygen atoms in total. The first kappa shape index (κ1) is 17.0. The van der Waals surface area contributed by atoms with E-state index in [9.17, 15) is 4.79 Å². The molecule has 2 heterocycles. The van der Waals surface area contributed by atoms with Crippen molar-refractivity contribution < 1.29 is 9.53 Å². The molecule has 1 amide bonds. The highest BCUT2D eigenvalue weighted by atomic mass is 35.5. The number of amides is 1. The fourth-order valence-corrected chi connectivity index (χ4v) is 3.27. The van der Waals surface area contributed by atoms with Gasteiger partial charge in [-0.15, -0.1) is 0 Å². The highest BCUT2D eigenvalue weighted by Crippen LogP contribution is 2.32. The summed E-state index contributed by atoms with van der Waals surface area (Å²) in [5.41, 5.74) is 1.98. The Morgan fingerprint density at radius 3 is 2.96 bits per heavy atom. The van der Waals surface area contributed by atoms with Gasteiger partial charge in [-0.1, -0.05) is 23.7 Å². The van der Waals surface area contributed by atoms with Crippen molar-refractivity contribution in [3.05, 3.63) is 41.3 Å². The van der Waals surface area contributed by atoms with Gasteiger partial charge in [0.1, 0.15) is 5.82 Å². The molecule has 0 radical (unpaired) electrons. The molecule has 1 aliphatic heterocycles. The number of hydrogen-bond acceptors (Lipinski definition) is 3. The fourth-order valence-electron chi connectivity index (χ4n) is 3.14. The van der Waals surface area contributed by atoms with Crippen molar-refractivity contribution in [1.29, 1.82) is 0 Å². The first-order chi connectivity index (χ1) is 11.7. The number of aromatic nitrogens is 2. The normalized spacial score (nSPS) is 17.4. The number of rotatable bonds is 6. The molecule has 24 heavy (non-hydrogen) atoms. The van der Waals surface area contributed by atoms with Gasteiger partial charge in [-0.25, -0.2) is 4.98 Å². The molecule has 3 rings (SSSR count). The van der Waals surface area contributed by atoms with Crippen molar-refractivity contribution >= 4 is 17.5 Å². The minimum Gasteiger partial charge on any atom is -0.385 e. The minimum absolute atomic E-state index is 0.0427. The molecular weight excluding hydrogens is 326 g/mol. The van der Waals surface area contributed by atoms with Crippen LogP contribution in [0.5, 0.6) is 0 Å². The van der Waals surface area contributed by atoms with Crippen LogP contribution in [0.1, 0.15) is 37.5 Å². The summed E-state index contributed by atoms with van der Waals surface area (Å²) in [4.78, 5) is 22.3. The lowest BCUT2D eigenvalue weighted by Crippen LogP contribution is -2.31. The van der Waals surface area contributed by atoms with E-state index in [0.29, 0.717) is 18.1 Å². The number of benzene rings is 1. The third kappa shape index (κ3) is 3.79. The SMILES string of the molecule is COCCCC(=O)N1CCCC1c1ncc(-c2ccc(Cl)cc2)[nH]1. The number of H-pyrrole nitrogens is 1. The number of hydrogen-bond donors (Lipinski definition) is 1. The second kappa shape index (κ2) is 7.81. The average molecular weight is 348 g/mol. The fraction of sp³-hybridized carbons (Fsp3) is 0.444. The Morgan fingerprint density at radius 1 is 1.42 bits per heavy atom. The number of imidazole rings is 1. The summed E-state index contributed by atoms with van der Waals surface area (Å²) in [7, 11) is 1.66. The maximum absolute atomic E-state index is 12.4. The molecule has 0 aliphatic carbocycles. The smallest absolute Gasteiger partial charge is 0.223 e. The Bertz CT molecular complexity index is 684. The maximum Gasteiger partial charge on any atom is 0.223 e. The van der Waals surface area contributed by atoms with E-state index in [2.05, 4.69) is 9.97 Å². The molecule has 1 fully saturated rings. The molecule has 1 aliphatic rings. The largest absolute Gasteiger partial charge is 0.385 e. The first-order valence-corrected chi connectivity index (χ1v) is 8.66. The van der Waals surface area contributed by atoms with Gasteiger partial charge in [-0.05, 0) is 37.0 Å². The van der Waals surface area contributed by atoms with E-state index in [4.69, 9.17) is 16.3 Å². The molecule has 1 N–H and O–H groups in total. The number of ether oxygens (including phenoxy) is 1. The van der Waals surface area contributed by atoms with Crippen LogP contribution < -0.4 is 0 Å². The van der Waals surface area contributed by atoms with Gasteiger partial charge in [0.05, 0.1) is 17.9 Å². The zero-order valence-electron chi connectivity index (χ0n) is 13.8. The van der Waals surface area contributed by atoms with E-state index in [1.165, 1.54) is 0 Å². The summed E-state index contributed by atoms with van der Waals surface area (Å²) < 4.78 is 5.03. The zero-order valence-corrected chi connectivity index (χ0v) is 14.6. The summed E-state index contributed by atoms with van der Waals surface area (Å²) in [5.74, 6) is 1.04. The van der Waals surface area contributed by atoms with Gasteiger partial charge in [-0.3, -0.25) is 4.79 Å². The number of nitrogens with one attached hydrogen (secondary N) is 1. The lowest BCUT2D eigenvalue weighted by atomic mass is 10.2. The number of methoxy groups -OCH3 is 1. The quantitative estimate of drug-likeness (QED) is 0.808. The number of carbonyl (C=O) groups excluding carboxylic acids is 1. The molecule has 1 unspecified atom stereocenters. The Hall–Kier alpha value is -1.85. The molecule has 1 aromatic carbocycles. The summed E-state index contributed by atoms with van der Waals surface area (Å²) in [6.45, 7) is 1.42. The third-order valence-electron chi connectivity index (χ3n) is 4.38. The van der Waals surface area contributed by atoms with E-state index in [-0.39, 0.29) is 11.9 Å². The summed E-state index contributed by atoms with van der Waals surface area (Å²) in [6.07, 6.45) is 5.06. The predicted octanol–water partition coefficient (Wildman–Crippen LogP) is 3.82. The topological polar surface area (TPSA) is 58.2 Å². The van der Waals surface area contributed by atoms with E-state index in [0.717, 1.165) is 42.9 Å². The van der Waals surface area contributed by atoms with Gasteiger partial charge in [0.15, 0.2) is 0 Å². The average Bonchev–Trinajstić information content (AvgIpc) is 3.24. The molecule has 0 bridgehead atoms. The van der Waals surface area contributed by atoms with Gasteiger partial charge in [0.2, 0.25) is 5.91 Å². The van der Waals surface area contributed by atoms with Gasteiger partial charge < -0.3 is 14.6 Å². The number of likely N-dealkylation sites (tertiary alicyclic amines) is 1. The van der Waals surface area contributed by atoms with Crippen LogP contribution in [0.2, 0.25) is 5.02 Å². The summed E-state index contributed by atoms with van der Waals surface area (Å²) in [6, 6.07) is 7.68. The lowest BCUT2D eigenvalue weighted by molar-refractivity contribution is -0.132. The standard InChI is InChI=1S/C18H22ClN3O2/c1-24-11-3-5-17(23)22-10-2-4-16(22)18-20-12-15(21-18)13-6-8-14(19)9-7-13/h6-9,12,16H,2-5,10-11H2,1H3,(H,20,21). The Balaban J connectivity index is 1.71. The van der Waals surface area contributed by atoms with Crippen molar-refractivity contribution in [3.63, 3.8) is 0 Å². The first-order valence-electron chi connectivity index (χ1n) is 8.28. The van der Waals surface area contributed by atoms with Crippen molar-refractivity contribution in [3.8, 4) is 11.3 Å². The molecule has 128 valence electrons. The van der Waals surface area contributed by atoms with Crippen molar-refractivity contribution in [1.82, 2.24) is 14.9 Å². The van der Waals surface area contributed by atoms with Crippen LogP contribution in [0.25, 0.3) is 11.3 Å². The molecule has 2 aromatic rings. The highest BCUT2D eigenvalue weighted by Gasteiger charge is 2.31. The summed E-state index contributed by atoms with van der Waals surface area (Å²) >= 11 is 5.94. The van der Waals surface area contributed by atoms with Gasteiger partial charge in [0.25, 0.3) is 0 Å². The molecule has 6 heteroatoms. The predicted molar refractivity (Wildman–Crippen MR) is 93.8 cm³/mol. The highest BCUT2D eigenvalue weighted by molar-refractivity contribution is 6.30. The Morgan fingerprint density at radius 2 is 2.21 bits per heavy atom. The van der Waals surface area contributed by atoms with E-state index >= 15 is 0 Å². The van der Waals surface area contributed by atoms with Gasteiger partial charge >= 0.3 is 0 Å². The van der Waals surface area contributed by atoms with Crippen LogP contribution in [0, 0.1) is 0 Å². The Kier molecular flexibility index (Phi) is 5.53. The second-order valence-corrected chi connectivity index (χ2v) is 6.47. The van der Waals surface area contributed by atoms with Crippen LogP contribution in [-0.4, -0.2) is 41.0 Å². The molecule has 0 saturated carbocycles. The number of nitrogens with zero attached hydrogens (tertiary/aromatic N) is 2. The van der Waals surface area contributed by atoms with Crippen LogP contribution in [0.4, 0.5) is 0 Å². The van der Waals surface area contributed by atoms with Crippen molar-refractivity contribution in [2.45, 2.75) is 31.7 Å². The summed E-state index contributed by atoms with van der Waals surface area (Å²) in [5, 5.41) is 0.710. The van der Waals surface area contributed by atoms with Crippen LogP contribution in [-0.2, 0) is 9.53 Å². The van der Waals surface area contributed by atoms with E-state index in [1.807, 2.05) is 35.4 Å². The zero-order chi connectivity index (χ0) is 16.9. The van der Waals surface area contributed by atoms with Gasteiger partial charge in [0, 0.05) is 31.7 Å². The van der Waals surface area contributed by atoms with Crippen molar-refractivity contribution in [2.75, 3.05) is 20.3 Å². The molecule has 0 spiro atoms. The molecule has 1 atom stereocenters. The van der Waals surface area contributed by atoms with Gasteiger partial charge in [-0.2, -0.15) is 0 Å². The number of aromatic amines is 1. The molecular formula is C18H22ClN3O2. The third-order valence-corrected chi connectivity index (χ3v) is 4.63. The van der Waals surface area contributed by atoms with Crippen LogP contribution >= 0.6 is 11.6 Å². The maximum atomic E-state index is 12.4. The van der Waals surface area contributed by atoms with E-state index in [1.54, 1.807) is 7.11 Å². The van der Waals surface area contributed by atoms with Crippen molar-refractivity contribution in [2.24, 2.45) is 0 Å². The van der Waals surface area contributed by atoms with E-state index < -0.39 is 0 Å². The lowest BCUT2D eigenvalue weighted by Gasteiger charge is -2.23. The molecule has 1 aromatic heterocycles. The number of halogens is 1. The van der Waals surface area contributed by atoms with Crippen LogP contribution in [0.3, 0.4) is 0 Å².